The zero-order valence-corrected chi connectivity index (χ0v) is 12.0. The fourth-order valence-electron chi connectivity index (χ4n) is 1.68. The SMILES string of the molecule is CC(C)CCCOC(C)C(=O)c1ccc(Cl)cc1. The number of rotatable bonds is 7. The molecule has 1 aromatic carbocycles. The molecule has 0 heterocycles. The smallest absolute Gasteiger partial charge is 0.191 e. The lowest BCUT2D eigenvalue weighted by molar-refractivity contribution is 0.0458. The third-order valence-electron chi connectivity index (χ3n) is 2.79. The highest BCUT2D eigenvalue weighted by atomic mass is 35.5. The maximum absolute atomic E-state index is 12.0. The summed E-state index contributed by atoms with van der Waals surface area (Å²) in [5.41, 5.74) is 0.649. The van der Waals surface area contributed by atoms with Gasteiger partial charge >= 0.3 is 0 Å². The largest absolute Gasteiger partial charge is 0.370 e. The van der Waals surface area contributed by atoms with E-state index in [0.29, 0.717) is 23.1 Å². The van der Waals surface area contributed by atoms with Crippen molar-refractivity contribution in [1.82, 2.24) is 0 Å². The number of ether oxygens (including phenoxy) is 1. The van der Waals surface area contributed by atoms with Crippen LogP contribution in [0.5, 0.6) is 0 Å². The van der Waals surface area contributed by atoms with Crippen LogP contribution in [-0.4, -0.2) is 18.5 Å². The van der Waals surface area contributed by atoms with Crippen LogP contribution in [0.1, 0.15) is 44.0 Å². The van der Waals surface area contributed by atoms with E-state index in [2.05, 4.69) is 13.8 Å². The fourth-order valence-corrected chi connectivity index (χ4v) is 1.80. The number of halogens is 1. The van der Waals surface area contributed by atoms with Crippen molar-refractivity contribution in [2.24, 2.45) is 5.92 Å². The molecule has 2 nitrogen and oxygen atoms in total. The Morgan fingerprint density at radius 2 is 1.83 bits per heavy atom. The average Bonchev–Trinajstić information content (AvgIpc) is 2.34. The van der Waals surface area contributed by atoms with Crippen molar-refractivity contribution in [1.29, 1.82) is 0 Å². The molecule has 0 aromatic heterocycles. The first-order valence-corrected chi connectivity index (χ1v) is 6.80. The first-order chi connectivity index (χ1) is 8.50. The summed E-state index contributed by atoms with van der Waals surface area (Å²) in [4.78, 5) is 12.0. The van der Waals surface area contributed by atoms with Gasteiger partial charge in [-0.3, -0.25) is 4.79 Å². The zero-order chi connectivity index (χ0) is 13.5. The molecule has 3 heteroatoms. The molecular weight excluding hydrogens is 248 g/mol. The van der Waals surface area contributed by atoms with Crippen molar-refractivity contribution in [3.05, 3.63) is 34.9 Å². The van der Waals surface area contributed by atoms with Crippen LogP contribution in [0, 0.1) is 5.92 Å². The first-order valence-electron chi connectivity index (χ1n) is 6.42. The first kappa shape index (κ1) is 15.2. The third kappa shape index (κ3) is 5.19. The molecule has 0 saturated heterocycles. The van der Waals surface area contributed by atoms with Crippen LogP contribution in [0.3, 0.4) is 0 Å². The standard InChI is InChI=1S/C15H21ClO2/c1-11(2)5-4-10-18-12(3)15(17)13-6-8-14(16)9-7-13/h6-9,11-12H,4-5,10H2,1-3H3. The van der Waals surface area contributed by atoms with E-state index in [9.17, 15) is 4.79 Å². The van der Waals surface area contributed by atoms with Crippen molar-refractivity contribution in [3.8, 4) is 0 Å². The van der Waals surface area contributed by atoms with Gasteiger partial charge in [0, 0.05) is 17.2 Å². The number of Topliss-reactive ketones (excluding diaryl/α,β-unsaturated/α-hetero) is 1. The summed E-state index contributed by atoms with van der Waals surface area (Å²) in [5.74, 6) is 0.687. The van der Waals surface area contributed by atoms with Crippen molar-refractivity contribution in [3.63, 3.8) is 0 Å². The van der Waals surface area contributed by atoms with Crippen molar-refractivity contribution in [2.45, 2.75) is 39.7 Å². The second-order valence-corrected chi connectivity index (χ2v) is 5.36. The Morgan fingerprint density at radius 3 is 2.39 bits per heavy atom. The monoisotopic (exact) mass is 268 g/mol. The summed E-state index contributed by atoms with van der Waals surface area (Å²) in [6.07, 6.45) is 1.73. The third-order valence-corrected chi connectivity index (χ3v) is 3.04. The van der Waals surface area contributed by atoms with Gasteiger partial charge in [-0.15, -0.1) is 0 Å². The van der Waals surface area contributed by atoms with E-state index in [-0.39, 0.29) is 5.78 Å². The lowest BCUT2D eigenvalue weighted by Gasteiger charge is -2.12. The van der Waals surface area contributed by atoms with Gasteiger partial charge in [-0.1, -0.05) is 25.4 Å². The van der Waals surface area contributed by atoms with E-state index in [1.165, 1.54) is 0 Å². The van der Waals surface area contributed by atoms with Crippen LogP contribution in [0.25, 0.3) is 0 Å². The van der Waals surface area contributed by atoms with Crippen LogP contribution >= 0.6 is 11.6 Å². The molecule has 0 N–H and O–H groups in total. The van der Waals surface area contributed by atoms with Crippen molar-refractivity contribution >= 4 is 17.4 Å². The van der Waals surface area contributed by atoms with E-state index in [1.54, 1.807) is 31.2 Å². The highest BCUT2D eigenvalue weighted by Gasteiger charge is 2.15. The molecule has 0 aliphatic heterocycles. The normalized spacial score (nSPS) is 12.7. The summed E-state index contributed by atoms with van der Waals surface area (Å²) in [6, 6.07) is 6.91. The van der Waals surface area contributed by atoms with Gasteiger partial charge in [0.1, 0.15) is 6.10 Å². The molecule has 18 heavy (non-hydrogen) atoms. The van der Waals surface area contributed by atoms with E-state index >= 15 is 0 Å². The molecule has 0 fully saturated rings. The van der Waals surface area contributed by atoms with Gasteiger partial charge in [0.25, 0.3) is 0 Å². The summed E-state index contributed by atoms with van der Waals surface area (Å²) in [5, 5.41) is 0.636. The number of hydrogen-bond donors (Lipinski definition) is 0. The highest BCUT2D eigenvalue weighted by Crippen LogP contribution is 2.13. The molecule has 100 valence electrons. The van der Waals surface area contributed by atoms with Gasteiger partial charge in [0.05, 0.1) is 0 Å². The Labute approximate surface area is 114 Å². The maximum atomic E-state index is 12.0. The Kier molecular flexibility index (Phi) is 6.37. The number of benzene rings is 1. The molecule has 0 aliphatic carbocycles. The fraction of sp³-hybridized carbons (Fsp3) is 0.533. The lowest BCUT2D eigenvalue weighted by Crippen LogP contribution is -2.21. The molecule has 0 radical (unpaired) electrons. The highest BCUT2D eigenvalue weighted by molar-refractivity contribution is 6.30. The minimum Gasteiger partial charge on any atom is -0.370 e. The lowest BCUT2D eigenvalue weighted by atomic mass is 10.1. The molecule has 0 aliphatic rings. The molecule has 0 bridgehead atoms. The summed E-state index contributed by atoms with van der Waals surface area (Å²) in [6.45, 7) is 6.80. The Balaban J connectivity index is 2.39. The van der Waals surface area contributed by atoms with Gasteiger partial charge < -0.3 is 4.74 Å². The van der Waals surface area contributed by atoms with Gasteiger partial charge in [-0.2, -0.15) is 0 Å². The Morgan fingerprint density at radius 1 is 1.22 bits per heavy atom. The number of ketones is 1. The predicted molar refractivity (Wildman–Crippen MR) is 75.3 cm³/mol. The van der Waals surface area contributed by atoms with Crippen LogP contribution in [0.15, 0.2) is 24.3 Å². The second kappa shape index (κ2) is 7.55. The summed E-state index contributed by atoms with van der Waals surface area (Å²) < 4.78 is 5.56. The average molecular weight is 269 g/mol. The minimum absolute atomic E-state index is 0.0104. The number of carbonyl (C=O) groups excluding carboxylic acids is 1. The summed E-state index contributed by atoms with van der Waals surface area (Å²) in [7, 11) is 0. The molecule has 1 atom stereocenters. The Hall–Kier alpha value is -0.860. The van der Waals surface area contributed by atoms with Crippen LogP contribution < -0.4 is 0 Å². The topological polar surface area (TPSA) is 26.3 Å². The molecule has 0 spiro atoms. The van der Waals surface area contributed by atoms with Crippen LogP contribution in [0.4, 0.5) is 0 Å². The molecule has 0 saturated carbocycles. The number of hydrogen-bond acceptors (Lipinski definition) is 2. The zero-order valence-electron chi connectivity index (χ0n) is 11.3. The molecule has 0 amide bonds. The van der Waals surface area contributed by atoms with Crippen molar-refractivity contribution in [2.75, 3.05) is 6.61 Å². The van der Waals surface area contributed by atoms with Crippen LogP contribution in [0.2, 0.25) is 5.02 Å². The van der Waals surface area contributed by atoms with Gasteiger partial charge in [-0.25, -0.2) is 0 Å². The molecule has 1 rings (SSSR count). The summed E-state index contributed by atoms with van der Waals surface area (Å²) >= 11 is 5.79. The maximum Gasteiger partial charge on any atom is 0.191 e. The number of carbonyl (C=O) groups is 1. The Bertz CT molecular complexity index is 371. The van der Waals surface area contributed by atoms with Gasteiger partial charge in [-0.05, 0) is 49.9 Å². The predicted octanol–water partition coefficient (Wildman–Crippen LogP) is 4.36. The van der Waals surface area contributed by atoms with E-state index < -0.39 is 6.10 Å². The second-order valence-electron chi connectivity index (χ2n) is 4.92. The van der Waals surface area contributed by atoms with E-state index in [0.717, 1.165) is 12.8 Å². The van der Waals surface area contributed by atoms with Crippen molar-refractivity contribution < 1.29 is 9.53 Å². The molecular formula is C15H21ClO2. The quantitative estimate of drug-likeness (QED) is 0.542. The molecule has 1 unspecified atom stereocenters. The molecule has 1 aromatic rings. The minimum atomic E-state index is -0.390. The van der Waals surface area contributed by atoms with Gasteiger partial charge in [0.2, 0.25) is 0 Å². The van der Waals surface area contributed by atoms with Gasteiger partial charge in [0.15, 0.2) is 5.78 Å². The van der Waals surface area contributed by atoms with E-state index in [4.69, 9.17) is 16.3 Å². The van der Waals surface area contributed by atoms with Crippen LogP contribution in [-0.2, 0) is 4.74 Å². The van der Waals surface area contributed by atoms with E-state index in [1.807, 2.05) is 0 Å².